The Bertz CT molecular complexity index is 1610. The Morgan fingerprint density at radius 2 is 2.00 bits per heavy atom. The average molecular weight is 536 g/mol. The van der Waals surface area contributed by atoms with Crippen LogP contribution in [0.15, 0.2) is 48.9 Å². The lowest BCUT2D eigenvalue weighted by Gasteiger charge is -2.33. The number of benzene rings is 1. The Kier molecular flexibility index (Phi) is 6.47. The highest BCUT2D eigenvalue weighted by Crippen LogP contribution is 2.44. The minimum absolute atomic E-state index is 0.00432. The minimum atomic E-state index is -3.40. The van der Waals surface area contributed by atoms with Crippen LogP contribution in [0.5, 0.6) is 0 Å². The number of nitrogens with one attached hydrogen (secondary N) is 4. The van der Waals surface area contributed by atoms with Crippen LogP contribution in [0.25, 0.3) is 22.3 Å². The third-order valence-corrected chi connectivity index (χ3v) is 8.45. The van der Waals surface area contributed by atoms with E-state index in [4.69, 9.17) is 4.98 Å². The molecule has 4 unspecified atom stereocenters. The number of fused-ring (bicyclic) bond motifs is 2. The molecule has 4 aromatic rings. The third kappa shape index (κ3) is 4.94. The number of imidazole rings is 1. The smallest absolute Gasteiger partial charge is 0.209 e. The molecule has 4 N–H and O–H groups in total. The number of hydrogen-bond acceptors (Lipinski definition) is 7. The predicted octanol–water partition coefficient (Wildman–Crippen LogP) is 3.62. The molecule has 6 rings (SSSR count). The lowest BCUT2D eigenvalue weighted by Crippen LogP contribution is -2.34. The molecule has 0 radical (unpaired) electrons. The third-order valence-electron chi connectivity index (χ3n) is 7.78. The molecule has 0 bridgehead atoms. The molecular weight excluding hydrogens is 505 g/mol. The van der Waals surface area contributed by atoms with E-state index >= 15 is 0 Å². The molecule has 9 nitrogen and oxygen atoms in total. The van der Waals surface area contributed by atoms with Gasteiger partial charge in [-0.1, -0.05) is 0 Å². The van der Waals surface area contributed by atoms with Gasteiger partial charge in [-0.3, -0.25) is 10.4 Å². The normalized spacial score (nSPS) is 23.6. The van der Waals surface area contributed by atoms with Crippen molar-refractivity contribution >= 4 is 21.2 Å². The summed E-state index contributed by atoms with van der Waals surface area (Å²) in [7, 11) is -3.40. The SMILES string of the molecule is Cc1ccncc1C1CCC2NNC(c3nc4nccc(-c5cc(F)cc(CNS(C)(=O)=O)c5)c4[nH]3)C2C1. The first-order valence-corrected chi connectivity index (χ1v) is 14.6. The van der Waals surface area contributed by atoms with Gasteiger partial charge in [-0.05, 0) is 90.6 Å². The molecule has 2 fully saturated rings. The Balaban J connectivity index is 1.31. The van der Waals surface area contributed by atoms with Gasteiger partial charge in [-0.25, -0.2) is 32.9 Å². The van der Waals surface area contributed by atoms with Crippen LogP contribution in [0.1, 0.15) is 53.7 Å². The van der Waals surface area contributed by atoms with Gasteiger partial charge in [-0.15, -0.1) is 0 Å². The molecule has 2 aliphatic rings. The molecule has 1 aliphatic heterocycles. The van der Waals surface area contributed by atoms with Crippen molar-refractivity contribution in [3.05, 3.63) is 77.3 Å². The number of halogens is 1. The molecule has 4 atom stereocenters. The van der Waals surface area contributed by atoms with Crippen molar-refractivity contribution in [1.29, 1.82) is 0 Å². The van der Waals surface area contributed by atoms with Crippen LogP contribution in [0.4, 0.5) is 4.39 Å². The van der Waals surface area contributed by atoms with E-state index in [2.05, 4.69) is 43.5 Å². The lowest BCUT2D eigenvalue weighted by molar-refractivity contribution is 0.274. The second-order valence-electron chi connectivity index (χ2n) is 10.4. The van der Waals surface area contributed by atoms with Gasteiger partial charge >= 0.3 is 0 Å². The molecule has 1 aromatic carbocycles. The molecule has 38 heavy (non-hydrogen) atoms. The van der Waals surface area contributed by atoms with Crippen molar-refractivity contribution in [2.24, 2.45) is 5.92 Å². The fourth-order valence-corrected chi connectivity index (χ4v) is 6.38. The predicted molar refractivity (Wildman–Crippen MR) is 143 cm³/mol. The summed E-state index contributed by atoms with van der Waals surface area (Å²) in [6.07, 6.45) is 9.76. The maximum Gasteiger partial charge on any atom is 0.209 e. The maximum atomic E-state index is 14.5. The summed E-state index contributed by atoms with van der Waals surface area (Å²) in [5.74, 6) is 1.12. The van der Waals surface area contributed by atoms with E-state index in [1.807, 2.05) is 18.5 Å². The van der Waals surface area contributed by atoms with Gasteiger partial charge in [0.25, 0.3) is 0 Å². The Morgan fingerprint density at radius 1 is 1.13 bits per heavy atom. The summed E-state index contributed by atoms with van der Waals surface area (Å²) >= 11 is 0. The molecule has 198 valence electrons. The Labute approximate surface area is 220 Å². The number of aromatic amines is 1. The number of hydrogen-bond donors (Lipinski definition) is 4. The summed E-state index contributed by atoms with van der Waals surface area (Å²) in [5, 5.41) is 0. The minimum Gasteiger partial charge on any atom is -0.339 e. The second-order valence-corrected chi connectivity index (χ2v) is 12.2. The van der Waals surface area contributed by atoms with Crippen molar-refractivity contribution in [3.8, 4) is 11.1 Å². The van der Waals surface area contributed by atoms with Gasteiger partial charge < -0.3 is 4.98 Å². The summed E-state index contributed by atoms with van der Waals surface area (Å²) in [5.41, 5.74) is 12.7. The quantitative estimate of drug-likeness (QED) is 0.297. The maximum absolute atomic E-state index is 14.5. The number of nitrogens with zero attached hydrogens (tertiary/aromatic N) is 3. The zero-order chi connectivity index (χ0) is 26.4. The topological polar surface area (TPSA) is 125 Å². The van der Waals surface area contributed by atoms with E-state index in [9.17, 15) is 12.8 Å². The van der Waals surface area contributed by atoms with Crippen molar-refractivity contribution in [3.63, 3.8) is 0 Å². The zero-order valence-corrected chi connectivity index (χ0v) is 22.0. The zero-order valence-electron chi connectivity index (χ0n) is 21.2. The molecule has 1 aliphatic carbocycles. The van der Waals surface area contributed by atoms with Gasteiger partial charge in [0.2, 0.25) is 10.0 Å². The molecule has 4 heterocycles. The standard InChI is InChI=1S/C27H30FN7O2S/c1-15-5-7-29-14-22(15)17-3-4-23-21(12-17)25(35-34-23)27-32-24-20(6-8-30-26(24)33-27)18-9-16(10-19(28)11-18)13-31-38(2,36)37/h5-11,14,17,21,23,25,31,34-35H,3-4,12-13H2,1-2H3,(H,30,32,33). The van der Waals surface area contributed by atoms with Crippen LogP contribution in [-0.4, -0.2) is 40.7 Å². The number of hydrazine groups is 1. The summed E-state index contributed by atoms with van der Waals surface area (Å²) < 4.78 is 40.0. The van der Waals surface area contributed by atoms with Gasteiger partial charge in [-0.2, -0.15) is 0 Å². The van der Waals surface area contributed by atoms with E-state index in [0.717, 1.165) is 42.4 Å². The van der Waals surface area contributed by atoms with Crippen LogP contribution in [0, 0.1) is 18.7 Å². The highest BCUT2D eigenvalue weighted by Gasteiger charge is 2.43. The van der Waals surface area contributed by atoms with E-state index in [1.54, 1.807) is 12.3 Å². The van der Waals surface area contributed by atoms with Crippen molar-refractivity contribution in [2.75, 3.05) is 6.26 Å². The fraction of sp³-hybridized carbons (Fsp3) is 0.370. The average Bonchev–Trinajstić information content (AvgIpc) is 3.50. The van der Waals surface area contributed by atoms with Crippen LogP contribution >= 0.6 is 0 Å². The number of aryl methyl sites for hydroxylation is 1. The molecule has 1 saturated heterocycles. The number of rotatable bonds is 6. The van der Waals surface area contributed by atoms with Crippen molar-refractivity contribution < 1.29 is 12.8 Å². The molecule has 1 saturated carbocycles. The second kappa shape index (κ2) is 9.81. The lowest BCUT2D eigenvalue weighted by atomic mass is 9.73. The number of sulfonamides is 1. The molecular formula is C27H30FN7O2S. The largest absolute Gasteiger partial charge is 0.339 e. The highest BCUT2D eigenvalue weighted by atomic mass is 32.2. The van der Waals surface area contributed by atoms with Gasteiger partial charge in [0.15, 0.2) is 5.65 Å². The summed E-state index contributed by atoms with van der Waals surface area (Å²) in [6, 6.07) is 8.77. The molecule has 3 aromatic heterocycles. The van der Waals surface area contributed by atoms with Crippen LogP contribution in [0.2, 0.25) is 0 Å². The highest BCUT2D eigenvalue weighted by molar-refractivity contribution is 7.88. The molecule has 11 heteroatoms. The van der Waals surface area contributed by atoms with E-state index < -0.39 is 15.8 Å². The fourth-order valence-electron chi connectivity index (χ4n) is 5.95. The first-order valence-electron chi connectivity index (χ1n) is 12.8. The van der Waals surface area contributed by atoms with E-state index in [-0.39, 0.29) is 12.6 Å². The number of H-pyrrole nitrogens is 1. The van der Waals surface area contributed by atoms with Gasteiger partial charge in [0, 0.05) is 36.7 Å². The molecule has 0 amide bonds. The van der Waals surface area contributed by atoms with Crippen LogP contribution in [-0.2, 0) is 16.6 Å². The van der Waals surface area contributed by atoms with Crippen LogP contribution in [0.3, 0.4) is 0 Å². The molecule has 0 spiro atoms. The summed E-state index contributed by atoms with van der Waals surface area (Å²) in [4.78, 5) is 17.1. The van der Waals surface area contributed by atoms with E-state index in [0.29, 0.717) is 34.7 Å². The monoisotopic (exact) mass is 535 g/mol. The van der Waals surface area contributed by atoms with Crippen LogP contribution < -0.4 is 15.6 Å². The summed E-state index contributed by atoms with van der Waals surface area (Å²) in [6.45, 7) is 2.15. The van der Waals surface area contributed by atoms with Crippen molar-refractivity contribution in [1.82, 2.24) is 35.5 Å². The first kappa shape index (κ1) is 25.1. The van der Waals surface area contributed by atoms with Crippen molar-refractivity contribution in [2.45, 2.75) is 50.7 Å². The number of pyridine rings is 2. The van der Waals surface area contributed by atoms with Gasteiger partial charge in [0.05, 0.1) is 17.8 Å². The Morgan fingerprint density at radius 3 is 2.82 bits per heavy atom. The Hall–Kier alpha value is -3.25. The van der Waals surface area contributed by atoms with E-state index in [1.165, 1.54) is 23.3 Å². The first-order chi connectivity index (χ1) is 18.2. The number of aromatic nitrogens is 4. The van der Waals surface area contributed by atoms with Gasteiger partial charge in [0.1, 0.15) is 11.6 Å².